The van der Waals surface area contributed by atoms with Crippen molar-refractivity contribution in [2.45, 2.75) is 26.4 Å². The number of esters is 1. The molecule has 1 aromatic rings. The Kier molecular flexibility index (Phi) is 2.81. The summed E-state index contributed by atoms with van der Waals surface area (Å²) in [6.07, 6.45) is 3.82. The highest BCUT2D eigenvalue weighted by Crippen LogP contribution is 2.38. The standard InChI is InChI=1S/C14H16O4/c1-8-9-5-6-14(2,3)18-11(9)7-10(15)12(8)13(16)17-4/h5-7,15H,1-4H3. The van der Waals surface area contributed by atoms with Crippen LogP contribution in [0, 0.1) is 6.92 Å². The van der Waals surface area contributed by atoms with Gasteiger partial charge in [-0.15, -0.1) is 0 Å². The molecule has 0 fully saturated rings. The Labute approximate surface area is 106 Å². The average molecular weight is 248 g/mol. The van der Waals surface area contributed by atoms with Gasteiger partial charge in [-0.1, -0.05) is 6.08 Å². The molecular weight excluding hydrogens is 232 g/mol. The monoisotopic (exact) mass is 248 g/mol. The fraction of sp³-hybridized carbons (Fsp3) is 0.357. The minimum absolute atomic E-state index is 0.121. The van der Waals surface area contributed by atoms with Crippen molar-refractivity contribution < 1.29 is 19.4 Å². The van der Waals surface area contributed by atoms with Crippen molar-refractivity contribution >= 4 is 12.0 Å². The van der Waals surface area contributed by atoms with Gasteiger partial charge in [-0.3, -0.25) is 0 Å². The van der Waals surface area contributed by atoms with Gasteiger partial charge >= 0.3 is 5.97 Å². The third-order valence-electron chi connectivity index (χ3n) is 2.98. The summed E-state index contributed by atoms with van der Waals surface area (Å²) in [6, 6.07) is 1.46. The number of fused-ring (bicyclic) bond motifs is 1. The van der Waals surface area contributed by atoms with Crippen LogP contribution < -0.4 is 4.74 Å². The first kappa shape index (κ1) is 12.5. The van der Waals surface area contributed by atoms with E-state index >= 15 is 0 Å². The van der Waals surface area contributed by atoms with Crippen molar-refractivity contribution in [3.05, 3.63) is 28.8 Å². The van der Waals surface area contributed by atoms with Gasteiger partial charge in [0.1, 0.15) is 22.7 Å². The summed E-state index contributed by atoms with van der Waals surface area (Å²) in [7, 11) is 1.29. The Morgan fingerprint density at radius 2 is 2.11 bits per heavy atom. The van der Waals surface area contributed by atoms with E-state index in [0.29, 0.717) is 11.3 Å². The zero-order valence-electron chi connectivity index (χ0n) is 10.9. The summed E-state index contributed by atoms with van der Waals surface area (Å²) in [6.45, 7) is 5.61. The molecular formula is C14H16O4. The van der Waals surface area contributed by atoms with E-state index in [1.165, 1.54) is 13.2 Å². The minimum Gasteiger partial charge on any atom is -0.507 e. The van der Waals surface area contributed by atoms with Crippen molar-refractivity contribution in [2.24, 2.45) is 0 Å². The number of hydrogen-bond donors (Lipinski definition) is 1. The second-order valence-corrected chi connectivity index (χ2v) is 4.84. The Morgan fingerprint density at radius 1 is 1.44 bits per heavy atom. The van der Waals surface area contributed by atoms with E-state index in [1.807, 2.05) is 26.0 Å². The molecule has 0 aromatic heterocycles. The number of methoxy groups -OCH3 is 1. The lowest BCUT2D eigenvalue weighted by molar-refractivity contribution is 0.0596. The first-order valence-corrected chi connectivity index (χ1v) is 5.69. The highest BCUT2D eigenvalue weighted by atomic mass is 16.5. The Morgan fingerprint density at radius 3 is 2.72 bits per heavy atom. The van der Waals surface area contributed by atoms with E-state index in [-0.39, 0.29) is 11.3 Å². The summed E-state index contributed by atoms with van der Waals surface area (Å²) in [4.78, 5) is 11.6. The minimum atomic E-state index is -0.550. The van der Waals surface area contributed by atoms with Crippen LogP contribution in [-0.4, -0.2) is 23.8 Å². The predicted octanol–water partition coefficient (Wildman–Crippen LogP) is 2.67. The second-order valence-electron chi connectivity index (χ2n) is 4.84. The number of carbonyl (C=O) groups excluding carboxylic acids is 1. The van der Waals surface area contributed by atoms with Gasteiger partial charge < -0.3 is 14.6 Å². The van der Waals surface area contributed by atoms with E-state index in [1.54, 1.807) is 6.92 Å². The molecule has 4 nitrogen and oxygen atoms in total. The van der Waals surface area contributed by atoms with Crippen LogP contribution in [0.4, 0.5) is 0 Å². The maximum atomic E-state index is 11.6. The number of phenols is 1. The van der Waals surface area contributed by atoms with Crippen molar-refractivity contribution in [2.75, 3.05) is 7.11 Å². The molecule has 0 bridgehead atoms. The Balaban J connectivity index is 2.62. The second kappa shape index (κ2) is 4.05. The first-order chi connectivity index (χ1) is 8.35. The topological polar surface area (TPSA) is 55.8 Å². The number of aromatic hydroxyl groups is 1. The van der Waals surface area contributed by atoms with Gasteiger partial charge in [-0.25, -0.2) is 4.79 Å². The molecule has 1 N–H and O–H groups in total. The summed E-state index contributed by atoms with van der Waals surface area (Å²) < 4.78 is 10.4. The highest BCUT2D eigenvalue weighted by molar-refractivity contribution is 5.96. The van der Waals surface area contributed by atoms with Gasteiger partial charge in [0.25, 0.3) is 0 Å². The largest absolute Gasteiger partial charge is 0.507 e. The molecule has 0 atom stereocenters. The fourth-order valence-electron chi connectivity index (χ4n) is 2.04. The van der Waals surface area contributed by atoms with Gasteiger partial charge in [0.15, 0.2) is 0 Å². The molecule has 0 radical (unpaired) electrons. The number of phenolic OH excluding ortho intramolecular Hbond substituents is 1. The molecule has 0 unspecified atom stereocenters. The van der Waals surface area contributed by atoms with Crippen LogP contribution in [-0.2, 0) is 4.74 Å². The number of benzene rings is 1. The molecule has 2 rings (SSSR count). The van der Waals surface area contributed by atoms with E-state index < -0.39 is 11.6 Å². The van der Waals surface area contributed by atoms with Crippen LogP contribution in [0.3, 0.4) is 0 Å². The summed E-state index contributed by atoms with van der Waals surface area (Å²) in [5, 5.41) is 9.91. The van der Waals surface area contributed by atoms with Crippen LogP contribution in [0.2, 0.25) is 0 Å². The van der Waals surface area contributed by atoms with E-state index in [9.17, 15) is 9.90 Å². The molecule has 0 saturated carbocycles. The average Bonchev–Trinajstić information content (AvgIpc) is 2.26. The van der Waals surface area contributed by atoms with Gasteiger partial charge in [0, 0.05) is 11.6 Å². The maximum absolute atomic E-state index is 11.6. The van der Waals surface area contributed by atoms with Crippen molar-refractivity contribution in [1.29, 1.82) is 0 Å². The lowest BCUT2D eigenvalue weighted by Gasteiger charge is -2.29. The first-order valence-electron chi connectivity index (χ1n) is 5.69. The highest BCUT2D eigenvalue weighted by Gasteiger charge is 2.27. The maximum Gasteiger partial charge on any atom is 0.341 e. The van der Waals surface area contributed by atoms with Gasteiger partial charge in [0.2, 0.25) is 0 Å². The Hall–Kier alpha value is -1.97. The van der Waals surface area contributed by atoms with Crippen LogP contribution in [0.5, 0.6) is 11.5 Å². The van der Waals surface area contributed by atoms with Gasteiger partial charge in [-0.05, 0) is 32.4 Å². The zero-order chi connectivity index (χ0) is 13.5. The molecule has 0 aliphatic carbocycles. The molecule has 0 saturated heterocycles. The van der Waals surface area contributed by atoms with Crippen LogP contribution in [0.15, 0.2) is 12.1 Å². The van der Waals surface area contributed by atoms with E-state index in [0.717, 1.165) is 5.56 Å². The molecule has 18 heavy (non-hydrogen) atoms. The summed E-state index contributed by atoms with van der Waals surface area (Å²) in [5.41, 5.74) is 1.22. The third-order valence-corrected chi connectivity index (χ3v) is 2.98. The summed E-state index contributed by atoms with van der Waals surface area (Å²) in [5.74, 6) is -0.0969. The molecule has 1 aliphatic rings. The van der Waals surface area contributed by atoms with Gasteiger partial charge in [-0.2, -0.15) is 0 Å². The van der Waals surface area contributed by atoms with Crippen LogP contribution in [0.1, 0.15) is 35.3 Å². The molecule has 1 aliphatic heterocycles. The van der Waals surface area contributed by atoms with Crippen LogP contribution >= 0.6 is 0 Å². The zero-order valence-corrected chi connectivity index (χ0v) is 10.9. The summed E-state index contributed by atoms with van der Waals surface area (Å²) >= 11 is 0. The van der Waals surface area contributed by atoms with Gasteiger partial charge in [0.05, 0.1) is 7.11 Å². The quantitative estimate of drug-likeness (QED) is 0.776. The van der Waals surface area contributed by atoms with E-state index in [2.05, 4.69) is 4.74 Å². The van der Waals surface area contributed by atoms with Crippen molar-refractivity contribution in [1.82, 2.24) is 0 Å². The third kappa shape index (κ3) is 1.94. The molecule has 0 amide bonds. The lowest BCUT2D eigenvalue weighted by Crippen LogP contribution is -2.28. The Bertz CT molecular complexity index is 541. The molecule has 1 aromatic carbocycles. The SMILES string of the molecule is COC(=O)c1c(O)cc2c(c1C)C=CC(C)(C)O2. The molecule has 96 valence electrons. The molecule has 0 spiro atoms. The van der Waals surface area contributed by atoms with Crippen molar-refractivity contribution in [3.8, 4) is 11.5 Å². The number of rotatable bonds is 1. The van der Waals surface area contributed by atoms with E-state index in [4.69, 9.17) is 4.74 Å². The lowest BCUT2D eigenvalue weighted by atomic mass is 9.95. The van der Waals surface area contributed by atoms with Crippen LogP contribution in [0.25, 0.3) is 6.08 Å². The van der Waals surface area contributed by atoms with Crippen molar-refractivity contribution in [3.63, 3.8) is 0 Å². The normalized spacial score (nSPS) is 15.8. The molecule has 4 heteroatoms. The molecule has 1 heterocycles. The number of ether oxygens (including phenoxy) is 2. The number of hydrogen-bond acceptors (Lipinski definition) is 4. The predicted molar refractivity (Wildman–Crippen MR) is 67.9 cm³/mol. The fourth-order valence-corrected chi connectivity index (χ4v) is 2.04. The smallest absolute Gasteiger partial charge is 0.341 e. The number of carbonyl (C=O) groups is 1.